The molecule has 0 radical (unpaired) electrons. The molecule has 4 aromatic carbocycles. The molecule has 0 unspecified atom stereocenters. The fraction of sp³-hybridized carbons (Fsp3) is 0.200. The van der Waals surface area contributed by atoms with Crippen LogP contribution in [0.25, 0.3) is 11.1 Å². The maximum absolute atomic E-state index is 9.39. The van der Waals surface area contributed by atoms with E-state index in [0.29, 0.717) is 5.92 Å². The summed E-state index contributed by atoms with van der Waals surface area (Å²) in [6, 6.07) is 32.2. The maximum Gasteiger partial charge on any atom is 0.127 e. The third-order valence-electron chi connectivity index (χ3n) is 4.90. The number of hydrogen-bond donors (Lipinski definition) is 1. The fourth-order valence-corrected chi connectivity index (χ4v) is 3.95. The van der Waals surface area contributed by atoms with Gasteiger partial charge in [-0.15, -0.1) is 0 Å². The molecule has 0 fully saturated rings. The fourth-order valence-electron chi connectivity index (χ4n) is 3.14. The van der Waals surface area contributed by atoms with Gasteiger partial charge in [0.05, 0.1) is 0 Å². The lowest BCUT2D eigenvalue weighted by Gasteiger charge is -2.09. The van der Waals surface area contributed by atoms with Crippen molar-refractivity contribution in [1.29, 1.82) is 0 Å². The second-order valence-electron chi connectivity index (χ2n) is 8.18. The van der Waals surface area contributed by atoms with E-state index in [1.807, 2.05) is 48.5 Å². The number of phenolic OH excluding ortho intramolecular Hbond substituents is 1. The second-order valence-corrected chi connectivity index (χ2v) is 9.32. The van der Waals surface area contributed by atoms with Crippen molar-refractivity contribution in [3.8, 4) is 28.4 Å². The lowest BCUT2D eigenvalue weighted by Crippen LogP contribution is -1.87. The SMILES string of the molecule is CC(C)c1ccc(-c2ccc(Oc3ccc(Sc4ccc(O)cc4)cc3)cc2)cc1.CCC. The molecule has 2 nitrogen and oxygen atoms in total. The minimum absolute atomic E-state index is 0.279. The summed E-state index contributed by atoms with van der Waals surface area (Å²) in [5.41, 5.74) is 3.74. The summed E-state index contributed by atoms with van der Waals surface area (Å²) in [5, 5.41) is 9.39. The maximum atomic E-state index is 9.39. The predicted molar refractivity (Wildman–Crippen MR) is 141 cm³/mol. The number of hydrogen-bond acceptors (Lipinski definition) is 3. The molecule has 0 heterocycles. The largest absolute Gasteiger partial charge is 0.508 e. The van der Waals surface area contributed by atoms with Crippen molar-refractivity contribution in [3.05, 3.63) is 103 Å². The lowest BCUT2D eigenvalue weighted by molar-refractivity contribution is 0.475. The third kappa shape index (κ3) is 7.44. The zero-order valence-corrected chi connectivity index (χ0v) is 20.6. The number of benzene rings is 4. The molecule has 0 atom stereocenters. The van der Waals surface area contributed by atoms with Gasteiger partial charge in [0.25, 0.3) is 0 Å². The first-order valence-corrected chi connectivity index (χ1v) is 12.2. The molecule has 4 rings (SSSR count). The van der Waals surface area contributed by atoms with Crippen molar-refractivity contribution in [2.45, 2.75) is 49.8 Å². The highest BCUT2D eigenvalue weighted by atomic mass is 32.2. The molecule has 0 aliphatic rings. The molecule has 0 aliphatic carbocycles. The Balaban J connectivity index is 0.000000968. The summed E-state index contributed by atoms with van der Waals surface area (Å²) < 4.78 is 6.00. The van der Waals surface area contributed by atoms with Crippen LogP contribution in [-0.4, -0.2) is 5.11 Å². The average Bonchev–Trinajstić information content (AvgIpc) is 2.83. The molecule has 0 saturated carbocycles. The first-order chi connectivity index (χ1) is 16.0. The minimum atomic E-state index is 0.279. The topological polar surface area (TPSA) is 29.5 Å². The van der Waals surface area contributed by atoms with Gasteiger partial charge in [-0.05, 0) is 83.3 Å². The van der Waals surface area contributed by atoms with E-state index in [1.54, 1.807) is 23.9 Å². The molecule has 0 aliphatic heterocycles. The van der Waals surface area contributed by atoms with Crippen molar-refractivity contribution in [2.24, 2.45) is 0 Å². The monoisotopic (exact) mass is 456 g/mol. The van der Waals surface area contributed by atoms with Crippen molar-refractivity contribution < 1.29 is 9.84 Å². The van der Waals surface area contributed by atoms with Crippen LogP contribution in [0.3, 0.4) is 0 Å². The molecular formula is C30H32O2S. The Bertz CT molecular complexity index is 1100. The van der Waals surface area contributed by atoms with Crippen molar-refractivity contribution in [1.82, 2.24) is 0 Å². The van der Waals surface area contributed by atoms with E-state index in [1.165, 1.54) is 23.1 Å². The first-order valence-electron chi connectivity index (χ1n) is 11.4. The quantitative estimate of drug-likeness (QED) is 0.313. The van der Waals surface area contributed by atoms with E-state index >= 15 is 0 Å². The van der Waals surface area contributed by atoms with Crippen LogP contribution in [0.1, 0.15) is 45.6 Å². The number of rotatable bonds is 6. The zero-order valence-electron chi connectivity index (χ0n) is 19.8. The van der Waals surface area contributed by atoms with Crippen molar-refractivity contribution >= 4 is 11.8 Å². The Morgan fingerprint density at radius 1 is 0.636 bits per heavy atom. The molecule has 1 N–H and O–H groups in total. The van der Waals surface area contributed by atoms with Crippen LogP contribution < -0.4 is 4.74 Å². The van der Waals surface area contributed by atoms with Gasteiger partial charge in [0.1, 0.15) is 17.2 Å². The summed E-state index contributed by atoms with van der Waals surface area (Å²) in [4.78, 5) is 2.20. The molecule has 33 heavy (non-hydrogen) atoms. The Hall–Kier alpha value is -3.17. The number of phenols is 1. The van der Waals surface area contributed by atoms with Gasteiger partial charge in [-0.25, -0.2) is 0 Å². The van der Waals surface area contributed by atoms with E-state index in [-0.39, 0.29) is 5.75 Å². The van der Waals surface area contributed by atoms with Gasteiger partial charge in [-0.2, -0.15) is 0 Å². The molecule has 3 heteroatoms. The van der Waals surface area contributed by atoms with E-state index in [4.69, 9.17) is 4.74 Å². The molecule has 4 aromatic rings. The number of aromatic hydroxyl groups is 1. The van der Waals surface area contributed by atoms with Crippen LogP contribution in [0, 0.1) is 0 Å². The summed E-state index contributed by atoms with van der Waals surface area (Å²) in [7, 11) is 0. The summed E-state index contributed by atoms with van der Waals surface area (Å²) in [6.45, 7) is 8.67. The molecule has 0 saturated heterocycles. The predicted octanol–water partition coefficient (Wildman–Crippen LogP) is 9.54. The Kier molecular flexibility index (Phi) is 9.03. The van der Waals surface area contributed by atoms with Crippen molar-refractivity contribution in [2.75, 3.05) is 0 Å². The van der Waals surface area contributed by atoms with Gasteiger partial charge in [0.2, 0.25) is 0 Å². The molecule has 170 valence electrons. The highest BCUT2D eigenvalue weighted by Gasteiger charge is 2.04. The van der Waals surface area contributed by atoms with E-state index in [2.05, 4.69) is 64.1 Å². The smallest absolute Gasteiger partial charge is 0.127 e. The average molecular weight is 457 g/mol. The van der Waals surface area contributed by atoms with Gasteiger partial charge in [-0.1, -0.05) is 82.3 Å². The van der Waals surface area contributed by atoms with Crippen LogP contribution >= 0.6 is 11.8 Å². The standard InChI is InChI=1S/C27H24O2S.C3H8/c1-19(2)20-3-5-21(6-4-20)22-7-11-24(12-8-22)29-25-13-17-27(18-14-25)30-26-15-9-23(28)10-16-26;1-3-2/h3-19,28H,1-2H3;3H2,1-2H3. The molecule has 0 aromatic heterocycles. The lowest BCUT2D eigenvalue weighted by atomic mass is 9.99. The number of ether oxygens (including phenoxy) is 1. The Morgan fingerprint density at radius 2 is 1.03 bits per heavy atom. The Morgan fingerprint density at radius 3 is 1.48 bits per heavy atom. The highest BCUT2D eigenvalue weighted by Crippen LogP contribution is 2.32. The molecule has 0 spiro atoms. The molecule has 0 amide bonds. The van der Waals surface area contributed by atoms with Crippen LogP contribution in [0.4, 0.5) is 0 Å². The van der Waals surface area contributed by atoms with Gasteiger partial charge in [0, 0.05) is 9.79 Å². The molecule has 0 bridgehead atoms. The summed E-state index contributed by atoms with van der Waals surface area (Å²) >= 11 is 1.65. The van der Waals surface area contributed by atoms with Gasteiger partial charge >= 0.3 is 0 Å². The highest BCUT2D eigenvalue weighted by molar-refractivity contribution is 7.99. The minimum Gasteiger partial charge on any atom is -0.508 e. The summed E-state index contributed by atoms with van der Waals surface area (Å²) in [6.07, 6.45) is 1.25. The van der Waals surface area contributed by atoms with E-state index in [0.717, 1.165) is 21.3 Å². The van der Waals surface area contributed by atoms with Crippen molar-refractivity contribution in [3.63, 3.8) is 0 Å². The molecular weight excluding hydrogens is 424 g/mol. The van der Waals surface area contributed by atoms with E-state index < -0.39 is 0 Å². The second kappa shape index (κ2) is 12.2. The van der Waals surface area contributed by atoms with Gasteiger partial charge < -0.3 is 9.84 Å². The zero-order chi connectivity index (χ0) is 23.6. The van der Waals surface area contributed by atoms with Crippen LogP contribution in [0.2, 0.25) is 0 Å². The van der Waals surface area contributed by atoms with E-state index in [9.17, 15) is 5.11 Å². The first kappa shape index (κ1) is 24.5. The Labute approximate surface area is 202 Å². The van der Waals surface area contributed by atoms with Gasteiger partial charge in [0.15, 0.2) is 0 Å². The van der Waals surface area contributed by atoms with Crippen LogP contribution in [0.5, 0.6) is 17.2 Å². The third-order valence-corrected chi connectivity index (χ3v) is 5.91. The van der Waals surface area contributed by atoms with Gasteiger partial charge in [-0.3, -0.25) is 0 Å². The summed E-state index contributed by atoms with van der Waals surface area (Å²) in [5.74, 6) is 2.44. The van der Waals surface area contributed by atoms with Crippen LogP contribution in [0.15, 0.2) is 107 Å². The van der Waals surface area contributed by atoms with Crippen LogP contribution in [-0.2, 0) is 0 Å². The normalized spacial score (nSPS) is 10.5.